The number of aromatic nitrogens is 3. The molecule has 0 amide bonds. The summed E-state index contributed by atoms with van der Waals surface area (Å²) in [5.41, 5.74) is 1.92. The maximum Gasteiger partial charge on any atom is 0.194 e. The molecule has 1 aliphatic rings. The molecular formula is C20H22N6S. The Balaban J connectivity index is 1.61. The van der Waals surface area contributed by atoms with Gasteiger partial charge in [-0.1, -0.05) is 57.2 Å². The minimum Gasteiger partial charge on any atom is -0.331 e. The lowest BCUT2D eigenvalue weighted by Crippen LogP contribution is -2.33. The van der Waals surface area contributed by atoms with Crippen molar-refractivity contribution in [3.05, 3.63) is 55.1 Å². The van der Waals surface area contributed by atoms with Crippen LogP contribution in [0.4, 0.5) is 5.69 Å². The summed E-state index contributed by atoms with van der Waals surface area (Å²) in [6.45, 7) is 7.09. The third-order valence-corrected chi connectivity index (χ3v) is 4.99. The van der Waals surface area contributed by atoms with Crippen LogP contribution in [-0.2, 0) is 0 Å². The summed E-state index contributed by atoms with van der Waals surface area (Å²) >= 11 is 5.68. The number of nitrogens with zero attached hydrogens (tertiary/aromatic N) is 5. The number of hydrazone groups is 1. The highest BCUT2D eigenvalue weighted by Gasteiger charge is 2.37. The van der Waals surface area contributed by atoms with Gasteiger partial charge in [0.1, 0.15) is 18.7 Å². The minimum atomic E-state index is -0.0968. The number of fused-ring (bicyclic) bond motifs is 1. The lowest BCUT2D eigenvalue weighted by atomic mass is 9.86. The van der Waals surface area contributed by atoms with Crippen LogP contribution in [0.2, 0.25) is 0 Å². The molecule has 0 bridgehead atoms. The quantitative estimate of drug-likeness (QED) is 0.681. The highest BCUT2D eigenvalue weighted by molar-refractivity contribution is 7.80. The molecule has 1 N–H and O–H groups in total. The van der Waals surface area contributed by atoms with Gasteiger partial charge in [0, 0.05) is 16.5 Å². The summed E-state index contributed by atoms with van der Waals surface area (Å²) < 4.78 is 1.85. The molecule has 2 heterocycles. The number of thiocarbonyl (C=S) groups is 1. The fourth-order valence-electron chi connectivity index (χ4n) is 3.37. The number of nitrogens with one attached hydrogen (secondary N) is 1. The van der Waals surface area contributed by atoms with E-state index in [1.165, 1.54) is 5.39 Å². The Bertz CT molecular complexity index is 997. The van der Waals surface area contributed by atoms with Crippen LogP contribution in [0.25, 0.3) is 10.8 Å². The van der Waals surface area contributed by atoms with Crippen molar-refractivity contribution in [3.63, 3.8) is 0 Å². The highest BCUT2D eigenvalue weighted by atomic mass is 32.1. The average molecular weight is 379 g/mol. The average Bonchev–Trinajstić information content (AvgIpc) is 3.31. The number of anilines is 1. The molecule has 0 saturated carbocycles. The van der Waals surface area contributed by atoms with Crippen molar-refractivity contribution in [3.8, 4) is 0 Å². The second-order valence-electron chi connectivity index (χ2n) is 7.67. The molecule has 6 nitrogen and oxygen atoms in total. The highest BCUT2D eigenvalue weighted by Crippen LogP contribution is 2.31. The first kappa shape index (κ1) is 17.6. The molecular weight excluding hydrogens is 356 g/mol. The van der Waals surface area contributed by atoms with Crippen molar-refractivity contribution in [1.82, 2.24) is 19.8 Å². The van der Waals surface area contributed by atoms with E-state index >= 15 is 0 Å². The van der Waals surface area contributed by atoms with Gasteiger partial charge in [0.05, 0.1) is 12.3 Å². The van der Waals surface area contributed by atoms with Crippen molar-refractivity contribution in [1.29, 1.82) is 0 Å². The Kier molecular flexibility index (Phi) is 4.39. The standard InChI is InChI=1S/C20H22N6S/c1-20(2,3)18-17(26-13-21-12-22-26)11-25(24-18)19(27)23-16-10-6-8-14-7-4-5-9-15(14)16/h4-10,12-13,17H,11H2,1-3H3,(H,23,27). The summed E-state index contributed by atoms with van der Waals surface area (Å²) in [7, 11) is 0. The Morgan fingerprint density at radius 1 is 1.15 bits per heavy atom. The fourth-order valence-corrected chi connectivity index (χ4v) is 3.59. The van der Waals surface area contributed by atoms with Gasteiger partial charge in [-0.2, -0.15) is 10.2 Å². The van der Waals surface area contributed by atoms with Gasteiger partial charge < -0.3 is 5.32 Å². The van der Waals surface area contributed by atoms with Crippen LogP contribution in [0, 0.1) is 5.41 Å². The van der Waals surface area contributed by atoms with Gasteiger partial charge in [-0.25, -0.2) is 14.7 Å². The topological polar surface area (TPSA) is 58.3 Å². The normalized spacial score (nSPS) is 17.2. The molecule has 1 aliphatic heterocycles. The smallest absolute Gasteiger partial charge is 0.194 e. The van der Waals surface area contributed by atoms with E-state index in [0.29, 0.717) is 11.7 Å². The van der Waals surface area contributed by atoms with Crippen LogP contribution < -0.4 is 5.32 Å². The second kappa shape index (κ2) is 6.74. The zero-order valence-electron chi connectivity index (χ0n) is 15.6. The van der Waals surface area contributed by atoms with Crippen molar-refractivity contribution < 1.29 is 0 Å². The molecule has 2 aromatic carbocycles. The van der Waals surface area contributed by atoms with E-state index in [2.05, 4.69) is 54.4 Å². The summed E-state index contributed by atoms with van der Waals surface area (Å²) in [6.07, 6.45) is 3.28. The number of benzene rings is 2. The molecule has 138 valence electrons. The first-order valence-corrected chi connectivity index (χ1v) is 9.34. The van der Waals surface area contributed by atoms with Crippen LogP contribution in [0.15, 0.2) is 60.2 Å². The molecule has 7 heteroatoms. The zero-order valence-corrected chi connectivity index (χ0v) is 16.4. The lowest BCUT2D eigenvalue weighted by molar-refractivity contribution is 0.424. The fraction of sp³-hybridized carbons (Fsp3) is 0.300. The molecule has 3 aromatic rings. The number of hydrogen-bond donors (Lipinski definition) is 1. The molecule has 0 radical (unpaired) electrons. The Labute approximate surface area is 163 Å². The Morgan fingerprint density at radius 3 is 2.67 bits per heavy atom. The van der Waals surface area contributed by atoms with E-state index in [1.807, 2.05) is 34.0 Å². The molecule has 0 saturated heterocycles. The van der Waals surface area contributed by atoms with Crippen molar-refractivity contribution >= 4 is 39.5 Å². The molecule has 1 unspecified atom stereocenters. The van der Waals surface area contributed by atoms with Gasteiger partial charge >= 0.3 is 0 Å². The first-order chi connectivity index (χ1) is 12.9. The van der Waals surface area contributed by atoms with Crippen molar-refractivity contribution in [2.45, 2.75) is 26.8 Å². The maximum atomic E-state index is 5.68. The van der Waals surface area contributed by atoms with E-state index in [4.69, 9.17) is 17.3 Å². The SMILES string of the molecule is CC(C)(C)C1=NN(C(=S)Nc2cccc3ccccc23)CC1n1cncn1. The summed E-state index contributed by atoms with van der Waals surface area (Å²) in [4.78, 5) is 4.08. The van der Waals surface area contributed by atoms with E-state index in [1.54, 1.807) is 12.7 Å². The second-order valence-corrected chi connectivity index (χ2v) is 8.05. The summed E-state index contributed by atoms with van der Waals surface area (Å²) in [5.74, 6) is 0. The molecule has 0 spiro atoms. The summed E-state index contributed by atoms with van der Waals surface area (Å²) in [6, 6.07) is 14.4. The van der Waals surface area contributed by atoms with E-state index in [0.717, 1.165) is 16.8 Å². The van der Waals surface area contributed by atoms with Crippen LogP contribution >= 0.6 is 12.2 Å². The van der Waals surface area contributed by atoms with Crippen LogP contribution in [0.5, 0.6) is 0 Å². The van der Waals surface area contributed by atoms with Gasteiger partial charge in [-0.3, -0.25) is 0 Å². The van der Waals surface area contributed by atoms with Crippen molar-refractivity contribution in [2.75, 3.05) is 11.9 Å². The van der Waals surface area contributed by atoms with Gasteiger partial charge in [0.2, 0.25) is 0 Å². The number of hydrogen-bond acceptors (Lipinski definition) is 4. The lowest BCUT2D eigenvalue weighted by Gasteiger charge is -2.23. The monoisotopic (exact) mass is 378 g/mol. The van der Waals surface area contributed by atoms with Crippen LogP contribution in [-0.4, -0.2) is 37.1 Å². The van der Waals surface area contributed by atoms with Crippen molar-refractivity contribution in [2.24, 2.45) is 10.5 Å². The number of rotatable bonds is 2. The molecule has 1 aromatic heterocycles. The molecule has 4 rings (SSSR count). The van der Waals surface area contributed by atoms with Crippen LogP contribution in [0.1, 0.15) is 26.8 Å². The molecule has 1 atom stereocenters. The third kappa shape index (κ3) is 3.42. The van der Waals surface area contributed by atoms with E-state index in [9.17, 15) is 0 Å². The maximum absolute atomic E-state index is 5.68. The molecule has 0 fully saturated rings. The van der Waals surface area contributed by atoms with Gasteiger partial charge in [-0.05, 0) is 23.7 Å². The van der Waals surface area contributed by atoms with Gasteiger partial charge in [-0.15, -0.1) is 0 Å². The van der Waals surface area contributed by atoms with Gasteiger partial charge in [0.15, 0.2) is 5.11 Å². The Morgan fingerprint density at radius 2 is 1.93 bits per heavy atom. The van der Waals surface area contributed by atoms with E-state index in [-0.39, 0.29) is 11.5 Å². The largest absolute Gasteiger partial charge is 0.331 e. The van der Waals surface area contributed by atoms with Gasteiger partial charge in [0.25, 0.3) is 0 Å². The predicted molar refractivity (Wildman–Crippen MR) is 113 cm³/mol. The minimum absolute atomic E-state index is 0.0137. The molecule has 27 heavy (non-hydrogen) atoms. The zero-order chi connectivity index (χ0) is 19.0. The molecule has 0 aliphatic carbocycles. The van der Waals surface area contributed by atoms with Crippen LogP contribution in [0.3, 0.4) is 0 Å². The third-order valence-electron chi connectivity index (χ3n) is 4.68. The predicted octanol–water partition coefficient (Wildman–Crippen LogP) is 4.09. The Hall–Kier alpha value is -2.80. The first-order valence-electron chi connectivity index (χ1n) is 8.93. The van der Waals surface area contributed by atoms with E-state index < -0.39 is 0 Å². The summed E-state index contributed by atoms with van der Waals surface area (Å²) in [5, 5.41) is 17.3.